The molecule has 0 heterocycles. The number of carboxylic acids is 1. The number of nitrogens with one attached hydrogen (secondary N) is 1. The number of benzene rings is 2. The minimum atomic E-state index is -3.73. The molecule has 2 N–H and O–H groups in total. The Kier molecular flexibility index (Phi) is 4.95. The van der Waals surface area contributed by atoms with Gasteiger partial charge in [0.2, 0.25) is 10.0 Å². The van der Waals surface area contributed by atoms with Crippen molar-refractivity contribution < 1.29 is 18.3 Å². The van der Waals surface area contributed by atoms with E-state index in [2.05, 4.69) is 4.72 Å². The molecular weight excluding hydrogens is 302 g/mol. The molecule has 2 rings (SSSR count). The molecule has 0 saturated carbocycles. The lowest BCUT2D eigenvalue weighted by Crippen LogP contribution is -2.26. The van der Waals surface area contributed by atoms with E-state index in [0.717, 1.165) is 5.56 Å². The van der Waals surface area contributed by atoms with Gasteiger partial charge >= 0.3 is 5.97 Å². The molecule has 0 radical (unpaired) electrons. The Morgan fingerprint density at radius 3 is 2.45 bits per heavy atom. The van der Waals surface area contributed by atoms with E-state index in [0.29, 0.717) is 12.0 Å². The SMILES string of the molecule is Cc1ccc(C(=O)O)cc1S(=O)(=O)NCCc1ccccc1. The summed E-state index contributed by atoms with van der Waals surface area (Å²) in [6.07, 6.45) is 0.567. The summed E-state index contributed by atoms with van der Waals surface area (Å²) in [5, 5.41) is 8.98. The lowest BCUT2D eigenvalue weighted by molar-refractivity contribution is 0.0696. The summed E-state index contributed by atoms with van der Waals surface area (Å²) in [5.41, 5.74) is 1.49. The summed E-state index contributed by atoms with van der Waals surface area (Å²) in [5.74, 6) is -1.15. The van der Waals surface area contributed by atoms with Crippen LogP contribution in [0.3, 0.4) is 0 Å². The first-order chi connectivity index (χ1) is 10.4. The van der Waals surface area contributed by atoms with E-state index in [-0.39, 0.29) is 17.0 Å². The highest BCUT2D eigenvalue weighted by Gasteiger charge is 2.18. The fourth-order valence-electron chi connectivity index (χ4n) is 2.07. The van der Waals surface area contributed by atoms with E-state index in [1.165, 1.54) is 18.2 Å². The molecule has 2 aromatic rings. The molecule has 0 bridgehead atoms. The highest BCUT2D eigenvalue weighted by Crippen LogP contribution is 2.17. The second-order valence-corrected chi connectivity index (χ2v) is 6.65. The van der Waals surface area contributed by atoms with Crippen LogP contribution in [0.15, 0.2) is 53.4 Å². The van der Waals surface area contributed by atoms with Crippen LogP contribution in [0.4, 0.5) is 0 Å². The van der Waals surface area contributed by atoms with Gasteiger partial charge in [-0.15, -0.1) is 0 Å². The van der Waals surface area contributed by atoms with Gasteiger partial charge in [0.05, 0.1) is 10.5 Å². The van der Waals surface area contributed by atoms with Gasteiger partial charge in [-0.25, -0.2) is 17.9 Å². The van der Waals surface area contributed by atoms with Gasteiger partial charge in [0.15, 0.2) is 0 Å². The molecule has 0 atom stereocenters. The van der Waals surface area contributed by atoms with Gasteiger partial charge in [0, 0.05) is 6.54 Å². The standard InChI is InChI=1S/C16H17NO4S/c1-12-7-8-14(16(18)19)11-15(12)22(20,21)17-10-9-13-5-3-2-4-6-13/h2-8,11,17H,9-10H2,1H3,(H,18,19). The molecule has 2 aromatic carbocycles. The summed E-state index contributed by atoms with van der Waals surface area (Å²) >= 11 is 0. The van der Waals surface area contributed by atoms with E-state index in [1.54, 1.807) is 6.92 Å². The van der Waals surface area contributed by atoms with Crippen LogP contribution in [0, 0.1) is 6.92 Å². The monoisotopic (exact) mass is 319 g/mol. The zero-order valence-corrected chi connectivity index (χ0v) is 12.9. The molecule has 0 aliphatic carbocycles. The van der Waals surface area contributed by atoms with Gasteiger partial charge in [0.25, 0.3) is 0 Å². The van der Waals surface area contributed by atoms with E-state index in [9.17, 15) is 13.2 Å². The summed E-state index contributed by atoms with van der Waals surface area (Å²) in [6.45, 7) is 1.89. The summed E-state index contributed by atoms with van der Waals surface area (Å²) in [6, 6.07) is 13.6. The molecule has 0 fully saturated rings. The van der Waals surface area contributed by atoms with Gasteiger partial charge < -0.3 is 5.11 Å². The van der Waals surface area contributed by atoms with Crippen molar-refractivity contribution in [3.05, 3.63) is 65.2 Å². The Bertz CT molecular complexity index is 770. The Morgan fingerprint density at radius 1 is 1.14 bits per heavy atom. The normalized spacial score (nSPS) is 11.3. The average Bonchev–Trinajstić information content (AvgIpc) is 2.48. The Balaban J connectivity index is 2.13. The van der Waals surface area contributed by atoms with Gasteiger partial charge in [-0.05, 0) is 36.6 Å². The van der Waals surface area contributed by atoms with Crippen molar-refractivity contribution in [3.8, 4) is 0 Å². The number of hydrogen-bond donors (Lipinski definition) is 2. The second-order valence-electron chi connectivity index (χ2n) is 4.92. The maximum absolute atomic E-state index is 12.3. The Morgan fingerprint density at radius 2 is 1.82 bits per heavy atom. The number of carboxylic acid groups (broad SMARTS) is 1. The highest BCUT2D eigenvalue weighted by atomic mass is 32.2. The van der Waals surface area contributed by atoms with E-state index in [1.807, 2.05) is 30.3 Å². The van der Waals surface area contributed by atoms with Crippen molar-refractivity contribution in [1.29, 1.82) is 0 Å². The molecular formula is C16H17NO4S. The van der Waals surface area contributed by atoms with Crippen LogP contribution in [-0.2, 0) is 16.4 Å². The van der Waals surface area contributed by atoms with Crippen molar-refractivity contribution in [3.63, 3.8) is 0 Å². The maximum atomic E-state index is 12.3. The van der Waals surface area contributed by atoms with Crippen molar-refractivity contribution in [2.24, 2.45) is 0 Å². The molecule has 0 saturated heterocycles. The molecule has 0 aliphatic rings. The number of rotatable bonds is 6. The highest BCUT2D eigenvalue weighted by molar-refractivity contribution is 7.89. The summed E-state index contributed by atoms with van der Waals surface area (Å²) in [4.78, 5) is 11.0. The molecule has 0 aliphatic heterocycles. The van der Waals surface area contributed by atoms with Crippen LogP contribution < -0.4 is 4.72 Å². The van der Waals surface area contributed by atoms with Crippen LogP contribution in [0.1, 0.15) is 21.5 Å². The van der Waals surface area contributed by atoms with Gasteiger partial charge in [-0.3, -0.25) is 0 Å². The summed E-state index contributed by atoms with van der Waals surface area (Å²) in [7, 11) is -3.73. The molecule has 0 amide bonds. The van der Waals surface area contributed by atoms with Gasteiger partial charge in [-0.1, -0.05) is 36.4 Å². The topological polar surface area (TPSA) is 83.5 Å². The Labute approximate surface area is 129 Å². The minimum absolute atomic E-state index is 0.000427. The number of carbonyl (C=O) groups is 1. The van der Waals surface area contributed by atoms with Crippen LogP contribution in [0.2, 0.25) is 0 Å². The average molecular weight is 319 g/mol. The first-order valence-electron chi connectivity index (χ1n) is 6.78. The van der Waals surface area contributed by atoms with E-state index in [4.69, 9.17) is 5.11 Å². The minimum Gasteiger partial charge on any atom is -0.478 e. The smallest absolute Gasteiger partial charge is 0.335 e. The van der Waals surface area contributed by atoms with E-state index < -0.39 is 16.0 Å². The maximum Gasteiger partial charge on any atom is 0.335 e. The van der Waals surface area contributed by atoms with Crippen molar-refractivity contribution >= 4 is 16.0 Å². The fourth-order valence-corrected chi connectivity index (χ4v) is 3.38. The molecule has 5 nitrogen and oxygen atoms in total. The number of hydrogen-bond acceptors (Lipinski definition) is 3. The van der Waals surface area contributed by atoms with Crippen molar-refractivity contribution in [2.45, 2.75) is 18.2 Å². The van der Waals surface area contributed by atoms with E-state index >= 15 is 0 Å². The number of sulfonamides is 1. The largest absolute Gasteiger partial charge is 0.478 e. The molecule has 116 valence electrons. The predicted molar refractivity (Wildman–Crippen MR) is 83.5 cm³/mol. The van der Waals surface area contributed by atoms with Crippen LogP contribution in [0.25, 0.3) is 0 Å². The van der Waals surface area contributed by atoms with Gasteiger partial charge in [0.1, 0.15) is 0 Å². The lowest BCUT2D eigenvalue weighted by Gasteiger charge is -2.10. The van der Waals surface area contributed by atoms with Gasteiger partial charge in [-0.2, -0.15) is 0 Å². The zero-order valence-electron chi connectivity index (χ0n) is 12.1. The van der Waals surface area contributed by atoms with Crippen molar-refractivity contribution in [2.75, 3.05) is 6.54 Å². The third-order valence-corrected chi connectivity index (χ3v) is 4.88. The Hall–Kier alpha value is -2.18. The third-order valence-electron chi connectivity index (χ3n) is 3.27. The zero-order chi connectivity index (χ0) is 16.2. The van der Waals surface area contributed by atoms with Crippen LogP contribution in [0.5, 0.6) is 0 Å². The van der Waals surface area contributed by atoms with Crippen LogP contribution in [-0.4, -0.2) is 26.0 Å². The fraction of sp³-hybridized carbons (Fsp3) is 0.188. The summed E-state index contributed by atoms with van der Waals surface area (Å²) < 4.78 is 27.1. The molecule has 0 unspecified atom stereocenters. The third kappa shape index (κ3) is 3.93. The van der Waals surface area contributed by atoms with Crippen molar-refractivity contribution in [1.82, 2.24) is 4.72 Å². The number of aromatic carboxylic acids is 1. The van der Waals surface area contributed by atoms with Crippen LogP contribution >= 0.6 is 0 Å². The molecule has 6 heteroatoms. The number of aryl methyl sites for hydroxylation is 1. The molecule has 0 spiro atoms. The predicted octanol–water partition coefficient (Wildman–Crippen LogP) is 2.21. The quantitative estimate of drug-likeness (QED) is 0.855. The first-order valence-corrected chi connectivity index (χ1v) is 8.26. The lowest BCUT2D eigenvalue weighted by atomic mass is 10.1. The molecule has 22 heavy (non-hydrogen) atoms. The second kappa shape index (κ2) is 6.72. The first kappa shape index (κ1) is 16.2. The molecule has 0 aromatic heterocycles.